The molecule has 0 unspecified atom stereocenters. The summed E-state index contributed by atoms with van der Waals surface area (Å²) in [5, 5.41) is 0. The van der Waals surface area contributed by atoms with Gasteiger partial charge in [-0.15, -0.1) is 6.58 Å². The van der Waals surface area contributed by atoms with E-state index < -0.39 is 14.8 Å². The fraction of sp³-hybridized carbons (Fsp3) is 0.429. The zero-order chi connectivity index (χ0) is 14.5. The van der Waals surface area contributed by atoms with Gasteiger partial charge in [-0.25, -0.2) is 13.1 Å². The van der Waals surface area contributed by atoms with Gasteiger partial charge >= 0.3 is 0 Å². The molecule has 19 heavy (non-hydrogen) atoms. The van der Waals surface area contributed by atoms with E-state index in [1.807, 2.05) is 12.1 Å². The third-order valence-corrected chi connectivity index (χ3v) is 5.13. The summed E-state index contributed by atoms with van der Waals surface area (Å²) >= 11 is 0. The first-order valence-corrected chi connectivity index (χ1v) is 7.54. The van der Waals surface area contributed by atoms with Crippen molar-refractivity contribution in [2.24, 2.45) is 0 Å². The number of nitrogens with one attached hydrogen (secondary N) is 1. The molecule has 0 bridgehead atoms. The van der Waals surface area contributed by atoms with Gasteiger partial charge in [0.1, 0.15) is 5.75 Å². The largest absolute Gasteiger partial charge is 0.497 e. The summed E-state index contributed by atoms with van der Waals surface area (Å²) in [5.74, 6) is 0.749. The van der Waals surface area contributed by atoms with Crippen LogP contribution in [-0.2, 0) is 16.6 Å². The molecule has 0 aromatic heterocycles. The molecule has 4 nitrogen and oxygen atoms in total. The second-order valence-corrected chi connectivity index (χ2v) is 7.33. The third kappa shape index (κ3) is 4.08. The van der Waals surface area contributed by atoms with Crippen molar-refractivity contribution in [3.63, 3.8) is 0 Å². The van der Waals surface area contributed by atoms with Crippen molar-refractivity contribution in [3.05, 3.63) is 42.5 Å². The first-order valence-electron chi connectivity index (χ1n) is 6.05. The minimum atomic E-state index is -3.39. The van der Waals surface area contributed by atoms with Crippen molar-refractivity contribution in [3.8, 4) is 5.75 Å². The number of allylic oxidation sites excluding steroid dienone is 1. The Morgan fingerprint density at radius 1 is 1.32 bits per heavy atom. The van der Waals surface area contributed by atoms with Crippen LogP contribution in [0.3, 0.4) is 0 Å². The topological polar surface area (TPSA) is 55.4 Å². The van der Waals surface area contributed by atoms with Crippen molar-refractivity contribution in [2.75, 3.05) is 7.11 Å². The van der Waals surface area contributed by atoms with Crippen LogP contribution in [0.1, 0.15) is 25.8 Å². The van der Waals surface area contributed by atoms with Crippen LogP contribution in [0.2, 0.25) is 0 Å². The second-order valence-electron chi connectivity index (χ2n) is 4.93. The highest BCUT2D eigenvalue weighted by Crippen LogP contribution is 2.20. The maximum Gasteiger partial charge on any atom is 0.217 e. The number of ether oxygens (including phenoxy) is 1. The summed E-state index contributed by atoms with van der Waals surface area (Å²) in [4.78, 5) is 0. The minimum absolute atomic E-state index is 0.271. The molecule has 0 aliphatic rings. The van der Waals surface area contributed by atoms with Crippen LogP contribution in [0.25, 0.3) is 0 Å². The first kappa shape index (κ1) is 15.7. The van der Waals surface area contributed by atoms with Crippen molar-refractivity contribution >= 4 is 10.0 Å². The van der Waals surface area contributed by atoms with Crippen molar-refractivity contribution < 1.29 is 13.2 Å². The van der Waals surface area contributed by atoms with Crippen LogP contribution in [-0.4, -0.2) is 20.3 Å². The average Bonchev–Trinajstić information content (AvgIpc) is 2.37. The molecule has 1 aromatic carbocycles. The van der Waals surface area contributed by atoms with Crippen molar-refractivity contribution in [1.82, 2.24) is 4.72 Å². The van der Waals surface area contributed by atoms with Gasteiger partial charge in [0.05, 0.1) is 11.9 Å². The van der Waals surface area contributed by atoms with E-state index in [4.69, 9.17) is 4.74 Å². The van der Waals surface area contributed by atoms with Crippen LogP contribution < -0.4 is 9.46 Å². The van der Waals surface area contributed by atoms with Gasteiger partial charge < -0.3 is 4.74 Å². The highest BCUT2D eigenvalue weighted by Gasteiger charge is 2.32. The molecular weight excluding hydrogens is 262 g/mol. The van der Waals surface area contributed by atoms with Crippen LogP contribution in [0.15, 0.2) is 36.9 Å². The summed E-state index contributed by atoms with van der Waals surface area (Å²) in [6, 6.07) is 7.28. The molecule has 1 aromatic rings. The quantitative estimate of drug-likeness (QED) is 0.782. The van der Waals surface area contributed by atoms with E-state index in [9.17, 15) is 8.42 Å². The lowest BCUT2D eigenvalue weighted by Crippen LogP contribution is -2.41. The zero-order valence-corrected chi connectivity index (χ0v) is 12.5. The van der Waals surface area contributed by atoms with E-state index in [1.165, 1.54) is 0 Å². The van der Waals surface area contributed by atoms with Gasteiger partial charge in [0.2, 0.25) is 10.0 Å². The number of sulfonamides is 1. The van der Waals surface area contributed by atoms with Gasteiger partial charge in [-0.2, -0.15) is 0 Å². The summed E-state index contributed by atoms with van der Waals surface area (Å²) in [5.41, 5.74) is 0.888. The zero-order valence-electron chi connectivity index (χ0n) is 11.6. The predicted molar refractivity (Wildman–Crippen MR) is 77.6 cm³/mol. The summed E-state index contributed by atoms with van der Waals surface area (Å²) in [7, 11) is -1.80. The van der Waals surface area contributed by atoms with E-state index in [0.29, 0.717) is 6.42 Å². The summed E-state index contributed by atoms with van der Waals surface area (Å²) < 4.78 is 31.1. The Kier molecular flexibility index (Phi) is 5.14. The number of methoxy groups -OCH3 is 1. The Labute approximate surface area is 115 Å². The number of hydrogen-bond donors (Lipinski definition) is 1. The fourth-order valence-corrected chi connectivity index (χ4v) is 2.66. The molecule has 1 N–H and O–H groups in total. The number of benzene rings is 1. The second kappa shape index (κ2) is 6.21. The molecular formula is C14H21NO3S. The van der Waals surface area contributed by atoms with Crippen LogP contribution in [0, 0.1) is 0 Å². The summed E-state index contributed by atoms with van der Waals surface area (Å²) in [6.45, 7) is 7.23. The summed E-state index contributed by atoms with van der Waals surface area (Å²) in [6.07, 6.45) is 2.03. The smallest absolute Gasteiger partial charge is 0.217 e. The van der Waals surface area contributed by atoms with Crippen molar-refractivity contribution in [2.45, 2.75) is 31.6 Å². The molecule has 0 heterocycles. The highest BCUT2D eigenvalue weighted by molar-refractivity contribution is 7.90. The Hall–Kier alpha value is -1.33. The van der Waals surface area contributed by atoms with Gasteiger partial charge in [0.15, 0.2) is 0 Å². The van der Waals surface area contributed by atoms with E-state index in [1.54, 1.807) is 39.2 Å². The van der Waals surface area contributed by atoms with Gasteiger partial charge in [0, 0.05) is 6.54 Å². The van der Waals surface area contributed by atoms with Crippen LogP contribution in [0.4, 0.5) is 0 Å². The van der Waals surface area contributed by atoms with Crippen LogP contribution in [0.5, 0.6) is 5.75 Å². The lowest BCUT2D eigenvalue weighted by molar-refractivity contribution is 0.414. The molecule has 0 saturated heterocycles. The Balaban J connectivity index is 2.72. The molecule has 1 rings (SSSR count). The van der Waals surface area contributed by atoms with Crippen molar-refractivity contribution in [1.29, 1.82) is 0 Å². The Morgan fingerprint density at radius 2 is 1.89 bits per heavy atom. The van der Waals surface area contributed by atoms with E-state index in [0.717, 1.165) is 11.3 Å². The maximum absolute atomic E-state index is 12.2. The molecule has 106 valence electrons. The van der Waals surface area contributed by atoms with Gasteiger partial charge in [-0.05, 0) is 38.0 Å². The molecule has 0 spiro atoms. The van der Waals surface area contributed by atoms with E-state index in [2.05, 4.69) is 11.3 Å². The van der Waals surface area contributed by atoms with E-state index >= 15 is 0 Å². The SMILES string of the molecule is C=CCC(C)(C)S(=O)(=O)NCc1ccc(OC)cc1. The van der Waals surface area contributed by atoms with Gasteiger partial charge in [-0.3, -0.25) is 0 Å². The molecule has 0 atom stereocenters. The van der Waals surface area contributed by atoms with Crippen LogP contribution >= 0.6 is 0 Å². The third-order valence-electron chi connectivity index (χ3n) is 2.99. The molecule has 0 saturated carbocycles. The Bertz CT molecular complexity index is 518. The minimum Gasteiger partial charge on any atom is -0.497 e. The molecule has 5 heteroatoms. The molecule has 0 aliphatic carbocycles. The lowest BCUT2D eigenvalue weighted by atomic mass is 10.1. The maximum atomic E-state index is 12.2. The average molecular weight is 283 g/mol. The number of rotatable bonds is 7. The standard InChI is InChI=1S/C14H21NO3S/c1-5-10-14(2,3)19(16,17)15-11-12-6-8-13(18-4)9-7-12/h5-9,15H,1,10-11H2,2-4H3. The highest BCUT2D eigenvalue weighted by atomic mass is 32.2. The number of hydrogen-bond acceptors (Lipinski definition) is 3. The normalized spacial score (nSPS) is 12.2. The van der Waals surface area contributed by atoms with Gasteiger partial charge in [-0.1, -0.05) is 18.2 Å². The predicted octanol–water partition coefficient (Wildman–Crippen LogP) is 2.47. The van der Waals surface area contributed by atoms with E-state index in [-0.39, 0.29) is 6.54 Å². The monoisotopic (exact) mass is 283 g/mol. The first-order chi connectivity index (χ1) is 8.82. The molecule has 0 amide bonds. The van der Waals surface area contributed by atoms with Gasteiger partial charge in [0.25, 0.3) is 0 Å². The molecule has 0 radical (unpaired) electrons. The Morgan fingerprint density at radius 3 is 2.37 bits per heavy atom. The lowest BCUT2D eigenvalue weighted by Gasteiger charge is -2.23. The molecule has 0 aliphatic heterocycles. The molecule has 0 fully saturated rings. The fourth-order valence-electron chi connectivity index (χ4n) is 1.57.